The van der Waals surface area contributed by atoms with E-state index in [9.17, 15) is 4.79 Å². The van der Waals surface area contributed by atoms with Gasteiger partial charge in [0.2, 0.25) is 0 Å². The predicted octanol–water partition coefficient (Wildman–Crippen LogP) is 7.83. The number of methoxy groups -OCH3 is 1. The van der Waals surface area contributed by atoms with Gasteiger partial charge in [-0.25, -0.2) is 4.79 Å². The summed E-state index contributed by atoms with van der Waals surface area (Å²) in [6.07, 6.45) is 4.77. The van der Waals surface area contributed by atoms with Crippen LogP contribution in [0.2, 0.25) is 0 Å². The lowest BCUT2D eigenvalue weighted by molar-refractivity contribution is -0.142. The van der Waals surface area contributed by atoms with E-state index >= 15 is 0 Å². The van der Waals surface area contributed by atoms with Crippen LogP contribution in [0.15, 0.2) is 54.6 Å². The molecule has 0 atom stereocenters. The molecular weight excluding hydrogens is 444 g/mol. The zero-order chi connectivity index (χ0) is 24.7. The maximum atomic E-state index is 11.7. The summed E-state index contributed by atoms with van der Waals surface area (Å²) in [4.78, 5) is 12.9. The minimum absolute atomic E-state index is 0.276. The monoisotopic (exact) mass is 480 g/mol. The van der Waals surface area contributed by atoms with Gasteiger partial charge in [0.15, 0.2) is 0 Å². The number of hydrogen-bond donors (Lipinski definition) is 0. The number of hydrogen-bond acceptors (Lipinski definition) is 5. The zero-order valence-electron chi connectivity index (χ0n) is 21.0. The number of rotatable bonds is 12. The molecule has 5 heteroatoms. The first kappa shape index (κ1) is 25.8. The Morgan fingerprint density at radius 1 is 1.06 bits per heavy atom. The Balaban J connectivity index is 1.71. The van der Waals surface area contributed by atoms with Crippen molar-refractivity contribution in [3.63, 3.8) is 0 Å². The number of esters is 1. The summed E-state index contributed by atoms with van der Waals surface area (Å²) in [5.74, 6) is 1.35. The summed E-state index contributed by atoms with van der Waals surface area (Å²) in [5.41, 5.74) is 2.53. The molecule has 0 aliphatic carbocycles. The molecule has 0 spiro atoms. The third-order valence-electron chi connectivity index (χ3n) is 5.66. The highest BCUT2D eigenvalue weighted by molar-refractivity contribution is 7.22. The van der Waals surface area contributed by atoms with Gasteiger partial charge in [-0.1, -0.05) is 46.3 Å². The molecule has 0 bridgehead atoms. The Morgan fingerprint density at radius 3 is 2.56 bits per heavy atom. The fraction of sp³-hybridized carbons (Fsp3) is 0.414. The van der Waals surface area contributed by atoms with Gasteiger partial charge in [-0.2, -0.15) is 0 Å². The molecule has 0 aliphatic rings. The topological polar surface area (TPSA) is 44.8 Å². The number of unbranched alkanes of at least 4 members (excludes halogenated alkanes) is 2. The summed E-state index contributed by atoms with van der Waals surface area (Å²) in [5, 5.41) is 1.18. The van der Waals surface area contributed by atoms with E-state index < -0.39 is 0 Å². The Bertz CT molecular complexity index is 1140. The van der Waals surface area contributed by atoms with Gasteiger partial charge in [0.05, 0.1) is 20.3 Å². The first-order valence-electron chi connectivity index (χ1n) is 11.9. The van der Waals surface area contributed by atoms with E-state index in [1.54, 1.807) is 25.4 Å². The average Bonchev–Trinajstić information content (AvgIpc) is 3.24. The van der Waals surface area contributed by atoms with Gasteiger partial charge in [-0.15, -0.1) is 11.3 Å². The van der Waals surface area contributed by atoms with E-state index in [4.69, 9.17) is 14.2 Å². The van der Waals surface area contributed by atoms with Crippen LogP contribution in [0.4, 0.5) is 0 Å². The lowest BCUT2D eigenvalue weighted by atomic mass is 9.96. The molecule has 0 saturated heterocycles. The van der Waals surface area contributed by atoms with Crippen LogP contribution in [0.5, 0.6) is 11.5 Å². The molecule has 0 aliphatic heterocycles. The Hall–Kier alpha value is -2.79. The van der Waals surface area contributed by atoms with Gasteiger partial charge < -0.3 is 14.2 Å². The van der Waals surface area contributed by atoms with Gasteiger partial charge in [-0.3, -0.25) is 0 Å². The van der Waals surface area contributed by atoms with Crippen molar-refractivity contribution in [1.82, 2.24) is 0 Å². The first-order valence-corrected chi connectivity index (χ1v) is 12.7. The van der Waals surface area contributed by atoms with Crippen molar-refractivity contribution in [3.8, 4) is 21.9 Å². The zero-order valence-corrected chi connectivity index (χ0v) is 21.8. The molecule has 182 valence electrons. The Kier molecular flexibility index (Phi) is 8.78. The van der Waals surface area contributed by atoms with Gasteiger partial charge in [0, 0.05) is 26.1 Å². The molecule has 0 amide bonds. The Morgan fingerprint density at radius 2 is 1.85 bits per heavy atom. The van der Waals surface area contributed by atoms with Crippen LogP contribution in [0.3, 0.4) is 0 Å². The van der Waals surface area contributed by atoms with Crippen LogP contribution < -0.4 is 9.47 Å². The smallest absolute Gasteiger partial charge is 0.333 e. The summed E-state index contributed by atoms with van der Waals surface area (Å²) in [6.45, 7) is 12.2. The molecule has 1 aromatic heterocycles. The van der Waals surface area contributed by atoms with Gasteiger partial charge in [0.25, 0.3) is 0 Å². The molecule has 0 unspecified atom stereocenters. The number of fused-ring (bicyclic) bond motifs is 1. The van der Waals surface area contributed by atoms with E-state index in [1.165, 1.54) is 35.1 Å². The third-order valence-corrected chi connectivity index (χ3v) is 6.80. The first-order chi connectivity index (χ1) is 16.2. The minimum atomic E-state index is -0.370. The molecule has 3 rings (SSSR count). The molecule has 0 radical (unpaired) electrons. The number of thiophene rings is 1. The second-order valence-corrected chi connectivity index (χ2v) is 10.7. The molecule has 0 fully saturated rings. The van der Waals surface area contributed by atoms with Crippen molar-refractivity contribution in [2.24, 2.45) is 5.41 Å². The Labute approximate surface area is 207 Å². The van der Waals surface area contributed by atoms with Crippen LogP contribution in [0.1, 0.15) is 52.5 Å². The highest BCUT2D eigenvalue weighted by Crippen LogP contribution is 2.40. The van der Waals surface area contributed by atoms with Crippen LogP contribution in [0, 0.1) is 5.41 Å². The number of ether oxygens (including phenoxy) is 3. The molecular formula is C29H36O4S. The molecule has 0 saturated carbocycles. The summed E-state index contributed by atoms with van der Waals surface area (Å²) in [7, 11) is 1.74. The number of carbonyl (C=O) groups is 1. The lowest BCUT2D eigenvalue weighted by Gasteiger charge is -2.24. The van der Waals surface area contributed by atoms with Gasteiger partial charge in [-0.05, 0) is 67.1 Å². The highest BCUT2D eigenvalue weighted by atomic mass is 32.1. The van der Waals surface area contributed by atoms with Crippen LogP contribution in [-0.2, 0) is 16.0 Å². The lowest BCUT2D eigenvalue weighted by Crippen LogP contribution is -2.28. The van der Waals surface area contributed by atoms with Crippen LogP contribution in [0.25, 0.3) is 20.5 Å². The fourth-order valence-corrected chi connectivity index (χ4v) is 4.73. The quantitative estimate of drug-likeness (QED) is 0.150. The maximum Gasteiger partial charge on any atom is 0.333 e. The van der Waals surface area contributed by atoms with Crippen molar-refractivity contribution in [2.45, 2.75) is 53.4 Å². The summed E-state index contributed by atoms with van der Waals surface area (Å²) < 4.78 is 18.3. The largest absolute Gasteiger partial charge is 0.496 e. The van der Waals surface area contributed by atoms with Gasteiger partial charge >= 0.3 is 5.97 Å². The third kappa shape index (κ3) is 6.86. The van der Waals surface area contributed by atoms with Crippen molar-refractivity contribution < 1.29 is 19.0 Å². The SMILES string of the molecule is C=C(C)C(=O)OCC(C)(C)COc1ccc2cc(-c3ccc(CCCCC)cc3OC)sc2c1. The minimum Gasteiger partial charge on any atom is -0.496 e. The fourth-order valence-electron chi connectivity index (χ4n) is 3.61. The molecule has 3 aromatic rings. The standard InChI is InChI=1S/C29H36O4S/c1-7-8-9-10-21-11-14-24(25(15-21)31-6)27-16-22-12-13-23(17-26(22)34-27)32-18-29(4,5)19-33-28(30)20(2)3/h11-17H,2,7-10,18-19H2,1,3-6H3. The normalized spacial score (nSPS) is 11.4. The summed E-state index contributed by atoms with van der Waals surface area (Å²) in [6, 6.07) is 14.9. The molecule has 1 heterocycles. The van der Waals surface area contributed by atoms with Gasteiger partial charge in [0.1, 0.15) is 11.5 Å². The van der Waals surface area contributed by atoms with Crippen molar-refractivity contribution in [2.75, 3.05) is 20.3 Å². The van der Waals surface area contributed by atoms with Crippen LogP contribution in [-0.4, -0.2) is 26.3 Å². The van der Waals surface area contributed by atoms with E-state index in [2.05, 4.69) is 49.9 Å². The number of benzene rings is 2. The van der Waals surface area contributed by atoms with E-state index in [1.807, 2.05) is 19.9 Å². The van der Waals surface area contributed by atoms with E-state index in [-0.39, 0.29) is 18.0 Å². The second-order valence-electron chi connectivity index (χ2n) is 9.61. The number of carbonyl (C=O) groups excluding carboxylic acids is 1. The van der Waals surface area contributed by atoms with Crippen molar-refractivity contribution in [3.05, 3.63) is 60.2 Å². The van der Waals surface area contributed by atoms with E-state index in [0.717, 1.165) is 28.2 Å². The molecule has 4 nitrogen and oxygen atoms in total. The maximum absolute atomic E-state index is 11.7. The van der Waals surface area contributed by atoms with Crippen molar-refractivity contribution >= 4 is 27.4 Å². The summed E-state index contributed by atoms with van der Waals surface area (Å²) >= 11 is 1.73. The van der Waals surface area contributed by atoms with E-state index in [0.29, 0.717) is 12.2 Å². The molecule has 2 aromatic carbocycles. The highest BCUT2D eigenvalue weighted by Gasteiger charge is 2.22. The molecule has 0 N–H and O–H groups in total. The van der Waals surface area contributed by atoms with Crippen molar-refractivity contribution in [1.29, 1.82) is 0 Å². The number of aryl methyl sites for hydroxylation is 1. The average molecular weight is 481 g/mol. The second kappa shape index (κ2) is 11.6. The molecule has 34 heavy (non-hydrogen) atoms. The van der Waals surface area contributed by atoms with Crippen LogP contribution >= 0.6 is 11.3 Å². The predicted molar refractivity (Wildman–Crippen MR) is 142 cm³/mol.